The van der Waals surface area contributed by atoms with Crippen molar-refractivity contribution in [2.75, 3.05) is 32.8 Å². The molecule has 10 nitrogen and oxygen atoms in total. The zero-order chi connectivity index (χ0) is 28.7. The molecule has 2 N–H and O–H groups in total. The molecule has 3 amide bonds. The molecular formula is C28H42BrN3O7. The number of alkyl halides is 1. The number of likely N-dealkylation sites (tertiary alicyclic amines) is 1. The number of aliphatic hydroxyl groups excluding tert-OH is 1. The van der Waals surface area contributed by atoms with Crippen molar-refractivity contribution in [3.63, 3.8) is 0 Å². The second-order valence-corrected chi connectivity index (χ2v) is 11.8. The number of carbonyl (C=O) groups is 4. The molecule has 0 aromatic rings. The summed E-state index contributed by atoms with van der Waals surface area (Å²) in [5.41, 5.74) is -1.18. The third-order valence-electron chi connectivity index (χ3n) is 7.77. The highest BCUT2D eigenvalue weighted by Crippen LogP contribution is 2.60. The van der Waals surface area contributed by atoms with Crippen LogP contribution in [0, 0.1) is 11.8 Å². The van der Waals surface area contributed by atoms with Gasteiger partial charge in [0.2, 0.25) is 17.7 Å². The fourth-order valence-corrected chi connectivity index (χ4v) is 6.97. The van der Waals surface area contributed by atoms with Crippen molar-refractivity contribution in [2.24, 2.45) is 11.8 Å². The smallest absolute Gasteiger partial charge is 0.312 e. The molecule has 7 atom stereocenters. The van der Waals surface area contributed by atoms with E-state index in [4.69, 9.17) is 9.47 Å². The average Bonchev–Trinajstić information content (AvgIpc) is 3.50. The van der Waals surface area contributed by atoms with E-state index in [1.54, 1.807) is 24.0 Å². The van der Waals surface area contributed by atoms with Crippen molar-refractivity contribution in [3.8, 4) is 0 Å². The maximum Gasteiger partial charge on any atom is 0.312 e. The highest BCUT2D eigenvalue weighted by atomic mass is 79.9. The number of nitrogens with zero attached hydrogens (tertiary/aromatic N) is 2. The molecule has 11 heteroatoms. The first-order chi connectivity index (χ1) is 18.7. The van der Waals surface area contributed by atoms with Gasteiger partial charge in [0.25, 0.3) is 0 Å². The summed E-state index contributed by atoms with van der Waals surface area (Å²) in [6, 6.07) is -0.914. The number of ether oxygens (including phenoxy) is 2. The summed E-state index contributed by atoms with van der Waals surface area (Å²) < 4.78 is 12.2. The van der Waals surface area contributed by atoms with Gasteiger partial charge in [-0.25, -0.2) is 0 Å². The van der Waals surface area contributed by atoms with Gasteiger partial charge in [0, 0.05) is 37.5 Å². The van der Waals surface area contributed by atoms with Crippen LogP contribution >= 0.6 is 15.9 Å². The summed E-state index contributed by atoms with van der Waals surface area (Å²) in [5.74, 6) is -3.08. The maximum absolute atomic E-state index is 14.0. The zero-order valence-electron chi connectivity index (χ0n) is 23.0. The third kappa shape index (κ3) is 6.41. The molecule has 3 aliphatic heterocycles. The van der Waals surface area contributed by atoms with Gasteiger partial charge in [-0.1, -0.05) is 41.4 Å². The lowest BCUT2D eigenvalue weighted by molar-refractivity contribution is -0.159. The molecule has 3 rings (SSSR count). The van der Waals surface area contributed by atoms with Crippen molar-refractivity contribution >= 4 is 39.6 Å². The minimum atomic E-state index is -1.18. The Kier molecular flexibility index (Phi) is 11.1. The van der Waals surface area contributed by atoms with Gasteiger partial charge < -0.3 is 29.7 Å². The van der Waals surface area contributed by atoms with E-state index in [1.807, 2.05) is 6.92 Å². The van der Waals surface area contributed by atoms with Crippen LogP contribution in [-0.4, -0.2) is 100 Å². The number of esters is 1. The number of allylic oxidation sites excluding steroid dienone is 1. The molecule has 0 aliphatic carbocycles. The Balaban J connectivity index is 1.85. The maximum atomic E-state index is 14.0. The molecule has 3 fully saturated rings. The molecule has 1 unspecified atom stereocenters. The predicted octanol–water partition coefficient (Wildman–Crippen LogP) is 1.95. The van der Waals surface area contributed by atoms with Crippen LogP contribution in [0.25, 0.3) is 0 Å². The quantitative estimate of drug-likeness (QED) is 0.155. The Bertz CT molecular complexity index is 946. The largest absolute Gasteiger partial charge is 0.460 e. The van der Waals surface area contributed by atoms with E-state index in [1.165, 1.54) is 4.90 Å². The van der Waals surface area contributed by atoms with Crippen LogP contribution in [0.2, 0.25) is 0 Å². The first-order valence-electron chi connectivity index (χ1n) is 13.9. The van der Waals surface area contributed by atoms with E-state index in [0.717, 1.165) is 12.8 Å². The van der Waals surface area contributed by atoms with Gasteiger partial charge in [0.1, 0.15) is 17.7 Å². The Morgan fingerprint density at radius 1 is 1.33 bits per heavy atom. The van der Waals surface area contributed by atoms with E-state index in [-0.39, 0.29) is 42.2 Å². The summed E-state index contributed by atoms with van der Waals surface area (Å²) in [6.07, 6.45) is 5.32. The molecule has 0 aromatic carbocycles. The second-order valence-electron chi connectivity index (χ2n) is 10.6. The number of unbranched alkanes of at least 4 members (excludes halogenated alkanes) is 1. The molecule has 3 heterocycles. The van der Waals surface area contributed by atoms with Crippen molar-refractivity contribution in [3.05, 3.63) is 25.3 Å². The van der Waals surface area contributed by atoms with Crippen molar-refractivity contribution < 1.29 is 33.8 Å². The summed E-state index contributed by atoms with van der Waals surface area (Å²) in [4.78, 5) is 56.3. The molecule has 0 saturated carbocycles. The first kappa shape index (κ1) is 31.3. The standard InChI is InChI=1S/C28H42BrN3O7/c1-5-8-11-20(34)30-17-18(4)38-27(37)21-22-25(35)32(14-10-15-33)24(28(22)16-19(29)23(21)39-28)26(36)31(12-7-3)13-9-6-2/h5,7,18-19,21-24,33H,1,3,6,8-17H2,2,4H3,(H,30,34)/t18-,19?,21+,22-,23+,24+,28-/m0/s1. The molecule has 2 bridgehead atoms. The Hall–Kier alpha value is -2.24. The zero-order valence-corrected chi connectivity index (χ0v) is 24.6. The summed E-state index contributed by atoms with van der Waals surface area (Å²) >= 11 is 3.65. The van der Waals surface area contributed by atoms with E-state index >= 15 is 0 Å². The minimum absolute atomic E-state index is 0.138. The van der Waals surface area contributed by atoms with Crippen molar-refractivity contribution in [1.82, 2.24) is 15.1 Å². The van der Waals surface area contributed by atoms with Crippen LogP contribution in [0.5, 0.6) is 0 Å². The monoisotopic (exact) mass is 611 g/mol. The van der Waals surface area contributed by atoms with Gasteiger partial charge in [0.15, 0.2) is 0 Å². The van der Waals surface area contributed by atoms with Gasteiger partial charge >= 0.3 is 5.97 Å². The fraction of sp³-hybridized carbons (Fsp3) is 0.714. The molecule has 0 aromatic heterocycles. The van der Waals surface area contributed by atoms with E-state index in [0.29, 0.717) is 38.8 Å². The topological polar surface area (TPSA) is 125 Å². The number of hydrogen-bond donors (Lipinski definition) is 2. The van der Waals surface area contributed by atoms with Crippen LogP contribution in [0.15, 0.2) is 25.3 Å². The van der Waals surface area contributed by atoms with Gasteiger partial charge in [-0.3, -0.25) is 19.2 Å². The molecule has 3 aliphatic rings. The number of halogens is 1. The van der Waals surface area contributed by atoms with Crippen molar-refractivity contribution in [1.29, 1.82) is 0 Å². The second kappa shape index (κ2) is 13.9. The van der Waals surface area contributed by atoms with Crippen LogP contribution in [0.3, 0.4) is 0 Å². The Morgan fingerprint density at radius 2 is 2.08 bits per heavy atom. The fourth-order valence-electron chi connectivity index (χ4n) is 6.03. The van der Waals surface area contributed by atoms with Gasteiger partial charge in [-0.2, -0.15) is 0 Å². The Labute approximate surface area is 239 Å². The third-order valence-corrected chi connectivity index (χ3v) is 8.62. The normalized spacial score (nSPS) is 29.6. The lowest BCUT2D eigenvalue weighted by Crippen LogP contribution is -2.57. The number of hydrogen-bond acceptors (Lipinski definition) is 7. The molecule has 1 spiro atoms. The lowest BCUT2D eigenvalue weighted by Gasteiger charge is -2.37. The molecular weight excluding hydrogens is 570 g/mol. The predicted molar refractivity (Wildman–Crippen MR) is 149 cm³/mol. The average molecular weight is 613 g/mol. The van der Waals surface area contributed by atoms with Gasteiger partial charge in [0.05, 0.1) is 24.5 Å². The highest BCUT2D eigenvalue weighted by Gasteiger charge is 2.77. The number of fused-ring (bicyclic) bond motifs is 1. The molecule has 0 radical (unpaired) electrons. The van der Waals surface area contributed by atoms with Crippen LogP contribution in [0.1, 0.15) is 52.4 Å². The van der Waals surface area contributed by atoms with Gasteiger partial charge in [-0.05, 0) is 32.6 Å². The van der Waals surface area contributed by atoms with E-state index in [9.17, 15) is 24.3 Å². The molecule has 218 valence electrons. The van der Waals surface area contributed by atoms with E-state index in [2.05, 4.69) is 34.4 Å². The van der Waals surface area contributed by atoms with Crippen LogP contribution < -0.4 is 5.32 Å². The lowest BCUT2D eigenvalue weighted by atomic mass is 9.70. The Morgan fingerprint density at radius 3 is 2.72 bits per heavy atom. The number of nitrogens with one attached hydrogen (secondary N) is 1. The van der Waals surface area contributed by atoms with Gasteiger partial charge in [-0.15, -0.1) is 13.2 Å². The number of rotatable bonds is 16. The SMILES string of the molecule is C=CCCC(=O)NC[C@H](C)OC(=O)[C@H]1[C@@H]2O[C@@]3(CC2Br)[C@@H]1C(=O)N(CCCO)[C@@H]3C(=O)N(CC=C)CCCC. The van der Waals surface area contributed by atoms with Crippen LogP contribution in [-0.2, 0) is 28.7 Å². The highest BCUT2D eigenvalue weighted by molar-refractivity contribution is 9.09. The molecule has 3 saturated heterocycles. The number of carbonyl (C=O) groups excluding carboxylic acids is 4. The summed E-state index contributed by atoms with van der Waals surface area (Å²) in [6.45, 7) is 12.1. The summed E-state index contributed by atoms with van der Waals surface area (Å²) in [5, 5.41) is 12.2. The number of amides is 3. The summed E-state index contributed by atoms with van der Waals surface area (Å²) in [7, 11) is 0. The van der Waals surface area contributed by atoms with Crippen molar-refractivity contribution in [2.45, 2.75) is 81.1 Å². The first-order valence-corrected chi connectivity index (χ1v) is 14.8. The van der Waals surface area contributed by atoms with Crippen LogP contribution in [0.4, 0.5) is 0 Å². The number of aliphatic hydroxyl groups is 1. The minimum Gasteiger partial charge on any atom is -0.460 e. The molecule has 39 heavy (non-hydrogen) atoms. The van der Waals surface area contributed by atoms with E-state index < -0.39 is 41.7 Å².